The SMILES string of the molecule is CC(C)NCC1CC1(C)Cc1cccc(F)c1. The number of nitrogens with one attached hydrogen (secondary N) is 1. The Bertz CT molecular complexity index is 388. The van der Waals surface area contributed by atoms with E-state index in [4.69, 9.17) is 0 Å². The van der Waals surface area contributed by atoms with Crippen molar-refractivity contribution in [2.24, 2.45) is 11.3 Å². The van der Waals surface area contributed by atoms with Gasteiger partial charge in [-0.2, -0.15) is 0 Å². The number of rotatable bonds is 5. The summed E-state index contributed by atoms with van der Waals surface area (Å²) in [4.78, 5) is 0. The van der Waals surface area contributed by atoms with E-state index < -0.39 is 0 Å². The number of halogens is 1. The molecule has 0 saturated heterocycles. The molecule has 2 unspecified atom stereocenters. The highest BCUT2D eigenvalue weighted by atomic mass is 19.1. The summed E-state index contributed by atoms with van der Waals surface area (Å²) in [6.07, 6.45) is 2.25. The third-order valence-corrected chi connectivity index (χ3v) is 3.81. The summed E-state index contributed by atoms with van der Waals surface area (Å²) in [6, 6.07) is 7.55. The molecule has 0 heterocycles. The third-order valence-electron chi connectivity index (χ3n) is 3.81. The zero-order chi connectivity index (χ0) is 12.5. The van der Waals surface area contributed by atoms with Crippen LogP contribution in [0.1, 0.15) is 32.8 Å². The number of hydrogen-bond donors (Lipinski definition) is 1. The van der Waals surface area contributed by atoms with E-state index in [9.17, 15) is 4.39 Å². The quantitative estimate of drug-likeness (QED) is 0.825. The Morgan fingerprint density at radius 3 is 2.88 bits per heavy atom. The predicted octanol–water partition coefficient (Wildman–Crippen LogP) is 3.39. The Balaban J connectivity index is 1.88. The number of hydrogen-bond acceptors (Lipinski definition) is 1. The monoisotopic (exact) mass is 235 g/mol. The van der Waals surface area contributed by atoms with Gasteiger partial charge in [0.25, 0.3) is 0 Å². The van der Waals surface area contributed by atoms with Gasteiger partial charge in [0.1, 0.15) is 5.82 Å². The van der Waals surface area contributed by atoms with Gasteiger partial charge in [-0.05, 0) is 48.4 Å². The van der Waals surface area contributed by atoms with E-state index in [1.807, 2.05) is 6.07 Å². The maximum absolute atomic E-state index is 13.1. The normalized spacial score (nSPS) is 27.5. The molecule has 0 bridgehead atoms. The van der Waals surface area contributed by atoms with Crippen molar-refractivity contribution in [3.63, 3.8) is 0 Å². The van der Waals surface area contributed by atoms with Gasteiger partial charge in [-0.15, -0.1) is 0 Å². The minimum atomic E-state index is -0.122. The van der Waals surface area contributed by atoms with Crippen LogP contribution in [0.3, 0.4) is 0 Å². The lowest BCUT2D eigenvalue weighted by Gasteiger charge is -2.13. The van der Waals surface area contributed by atoms with E-state index >= 15 is 0 Å². The second-order valence-corrected chi connectivity index (χ2v) is 5.92. The minimum Gasteiger partial charge on any atom is -0.314 e. The van der Waals surface area contributed by atoms with E-state index in [0.717, 1.165) is 24.4 Å². The molecule has 1 saturated carbocycles. The Morgan fingerprint density at radius 2 is 2.24 bits per heavy atom. The van der Waals surface area contributed by atoms with Crippen molar-refractivity contribution in [1.82, 2.24) is 5.32 Å². The highest BCUT2D eigenvalue weighted by Gasteiger charge is 2.49. The van der Waals surface area contributed by atoms with Crippen LogP contribution >= 0.6 is 0 Å². The fourth-order valence-corrected chi connectivity index (χ4v) is 2.53. The van der Waals surface area contributed by atoms with Crippen molar-refractivity contribution in [2.75, 3.05) is 6.54 Å². The topological polar surface area (TPSA) is 12.0 Å². The van der Waals surface area contributed by atoms with Crippen molar-refractivity contribution in [3.05, 3.63) is 35.6 Å². The van der Waals surface area contributed by atoms with Crippen molar-refractivity contribution in [2.45, 2.75) is 39.7 Å². The molecule has 0 radical (unpaired) electrons. The maximum Gasteiger partial charge on any atom is 0.123 e. The molecule has 2 rings (SSSR count). The van der Waals surface area contributed by atoms with Crippen molar-refractivity contribution in [1.29, 1.82) is 0 Å². The van der Waals surface area contributed by atoms with Crippen LogP contribution in [0.15, 0.2) is 24.3 Å². The zero-order valence-electron chi connectivity index (χ0n) is 11.0. The lowest BCUT2D eigenvalue weighted by molar-refractivity contribution is 0.458. The van der Waals surface area contributed by atoms with Crippen LogP contribution in [-0.2, 0) is 6.42 Å². The molecule has 0 spiro atoms. The van der Waals surface area contributed by atoms with Crippen molar-refractivity contribution in [3.8, 4) is 0 Å². The van der Waals surface area contributed by atoms with Crippen LogP contribution in [0.4, 0.5) is 4.39 Å². The lowest BCUT2D eigenvalue weighted by Crippen LogP contribution is -2.26. The summed E-state index contributed by atoms with van der Waals surface area (Å²) in [5, 5.41) is 3.49. The van der Waals surface area contributed by atoms with Crippen LogP contribution < -0.4 is 5.32 Å². The molecule has 1 aromatic carbocycles. The van der Waals surface area contributed by atoms with Gasteiger partial charge in [0, 0.05) is 6.04 Å². The molecule has 1 N–H and O–H groups in total. The average molecular weight is 235 g/mol. The average Bonchev–Trinajstić information content (AvgIpc) is 2.86. The molecule has 1 fully saturated rings. The molecular formula is C15H22FN. The molecule has 0 aromatic heterocycles. The minimum absolute atomic E-state index is 0.122. The smallest absolute Gasteiger partial charge is 0.123 e. The first-order chi connectivity index (χ1) is 7.99. The van der Waals surface area contributed by atoms with E-state index in [2.05, 4.69) is 26.1 Å². The van der Waals surface area contributed by atoms with Gasteiger partial charge in [0.15, 0.2) is 0 Å². The van der Waals surface area contributed by atoms with E-state index in [1.165, 1.54) is 12.5 Å². The molecule has 17 heavy (non-hydrogen) atoms. The molecule has 1 nitrogen and oxygen atoms in total. The predicted molar refractivity (Wildman–Crippen MR) is 69.5 cm³/mol. The molecule has 0 amide bonds. The van der Waals surface area contributed by atoms with Crippen LogP contribution in [-0.4, -0.2) is 12.6 Å². The summed E-state index contributed by atoms with van der Waals surface area (Å²) in [5.74, 6) is 0.622. The Hall–Kier alpha value is -0.890. The van der Waals surface area contributed by atoms with Gasteiger partial charge in [-0.3, -0.25) is 0 Å². The highest BCUT2D eigenvalue weighted by Crippen LogP contribution is 2.54. The van der Waals surface area contributed by atoms with Crippen LogP contribution in [0, 0.1) is 17.2 Å². The highest BCUT2D eigenvalue weighted by molar-refractivity contribution is 5.20. The van der Waals surface area contributed by atoms with E-state index in [0.29, 0.717) is 11.5 Å². The first-order valence-electron chi connectivity index (χ1n) is 6.47. The summed E-state index contributed by atoms with van der Waals surface area (Å²) < 4.78 is 13.1. The molecular weight excluding hydrogens is 213 g/mol. The third kappa shape index (κ3) is 3.29. The molecule has 0 aliphatic heterocycles. The molecule has 1 aliphatic rings. The summed E-state index contributed by atoms with van der Waals surface area (Å²) in [6.45, 7) is 7.74. The molecule has 94 valence electrons. The molecule has 1 aromatic rings. The van der Waals surface area contributed by atoms with Gasteiger partial charge in [-0.1, -0.05) is 32.9 Å². The standard InChI is InChI=1S/C15H22FN/c1-11(2)17-10-13-9-15(13,3)8-12-5-4-6-14(16)7-12/h4-7,11,13,17H,8-10H2,1-3H3. The zero-order valence-corrected chi connectivity index (χ0v) is 11.0. The fourth-order valence-electron chi connectivity index (χ4n) is 2.53. The Labute approximate surface area is 103 Å². The Morgan fingerprint density at radius 1 is 1.47 bits per heavy atom. The van der Waals surface area contributed by atoms with Gasteiger partial charge in [0.05, 0.1) is 0 Å². The van der Waals surface area contributed by atoms with Gasteiger partial charge in [-0.25, -0.2) is 4.39 Å². The van der Waals surface area contributed by atoms with Gasteiger partial charge < -0.3 is 5.32 Å². The fraction of sp³-hybridized carbons (Fsp3) is 0.600. The molecule has 1 aliphatic carbocycles. The first-order valence-corrected chi connectivity index (χ1v) is 6.47. The van der Waals surface area contributed by atoms with Crippen LogP contribution in [0.25, 0.3) is 0 Å². The van der Waals surface area contributed by atoms with Gasteiger partial charge in [0.2, 0.25) is 0 Å². The summed E-state index contributed by atoms with van der Waals surface area (Å²) in [7, 11) is 0. The largest absolute Gasteiger partial charge is 0.314 e. The van der Waals surface area contributed by atoms with E-state index in [1.54, 1.807) is 12.1 Å². The van der Waals surface area contributed by atoms with E-state index in [-0.39, 0.29) is 5.82 Å². The molecule has 2 atom stereocenters. The van der Waals surface area contributed by atoms with Crippen molar-refractivity contribution < 1.29 is 4.39 Å². The van der Waals surface area contributed by atoms with Crippen molar-refractivity contribution >= 4 is 0 Å². The summed E-state index contributed by atoms with van der Waals surface area (Å²) >= 11 is 0. The van der Waals surface area contributed by atoms with Crippen LogP contribution in [0.2, 0.25) is 0 Å². The second-order valence-electron chi connectivity index (χ2n) is 5.92. The number of benzene rings is 1. The molecule has 2 heteroatoms. The first kappa shape index (κ1) is 12.6. The van der Waals surface area contributed by atoms with Crippen LogP contribution in [0.5, 0.6) is 0 Å². The van der Waals surface area contributed by atoms with Gasteiger partial charge >= 0.3 is 0 Å². The maximum atomic E-state index is 13.1. The lowest BCUT2D eigenvalue weighted by atomic mass is 9.96. The Kier molecular flexibility index (Phi) is 3.53. The summed E-state index contributed by atoms with van der Waals surface area (Å²) in [5.41, 5.74) is 1.50. The second kappa shape index (κ2) is 4.77.